The van der Waals surface area contributed by atoms with Gasteiger partial charge in [0, 0.05) is 6.26 Å². The van der Waals surface area contributed by atoms with E-state index >= 15 is 0 Å². The highest BCUT2D eigenvalue weighted by atomic mass is 32.2. The third-order valence-corrected chi connectivity index (χ3v) is 3.57. The molecule has 0 aliphatic carbocycles. The molecule has 0 spiro atoms. The van der Waals surface area contributed by atoms with Crippen LogP contribution in [0, 0.1) is 0 Å². The summed E-state index contributed by atoms with van der Waals surface area (Å²) in [5, 5.41) is 9.93. The van der Waals surface area contributed by atoms with Gasteiger partial charge in [-0.15, -0.1) is 0 Å². The fraction of sp³-hybridized carbons (Fsp3) is 0.167. The second-order valence-corrected chi connectivity index (χ2v) is 5.77. The summed E-state index contributed by atoms with van der Waals surface area (Å²) in [5.41, 5.74) is 0.590. The van der Waals surface area contributed by atoms with Gasteiger partial charge in [-0.2, -0.15) is 0 Å². The van der Waals surface area contributed by atoms with Crippen LogP contribution in [-0.2, 0) is 9.84 Å². The predicted octanol–water partition coefficient (Wildman–Crippen LogP) is 1.76. The van der Waals surface area contributed by atoms with Crippen LogP contribution in [-0.4, -0.2) is 19.8 Å². The van der Waals surface area contributed by atoms with E-state index in [0.717, 1.165) is 6.26 Å². The maximum Gasteiger partial charge on any atom is 0.175 e. The second kappa shape index (κ2) is 4.35. The van der Waals surface area contributed by atoms with Crippen molar-refractivity contribution in [2.75, 3.05) is 6.26 Å². The zero-order valence-corrected chi connectivity index (χ0v) is 10.0. The van der Waals surface area contributed by atoms with Crippen molar-refractivity contribution in [3.8, 4) is 0 Å². The number of aliphatic hydroxyl groups is 1. The van der Waals surface area contributed by atoms with Crippen molar-refractivity contribution in [1.82, 2.24) is 0 Å². The van der Waals surface area contributed by atoms with Crippen LogP contribution in [0.5, 0.6) is 0 Å². The van der Waals surface area contributed by atoms with Crippen molar-refractivity contribution in [3.05, 3.63) is 54.0 Å². The van der Waals surface area contributed by atoms with Crippen LogP contribution in [0.4, 0.5) is 0 Å². The number of rotatable bonds is 3. The van der Waals surface area contributed by atoms with Crippen LogP contribution >= 0.6 is 0 Å². The zero-order chi connectivity index (χ0) is 12.5. The molecule has 0 amide bonds. The number of hydrogen-bond acceptors (Lipinski definition) is 4. The lowest BCUT2D eigenvalue weighted by Gasteiger charge is -2.08. The molecular formula is C12H12O4S. The Kier molecular flexibility index (Phi) is 3.04. The normalized spacial score (nSPS) is 13.5. The highest BCUT2D eigenvalue weighted by molar-refractivity contribution is 7.90. The molecule has 0 fully saturated rings. The van der Waals surface area contributed by atoms with Crippen LogP contribution in [0.25, 0.3) is 0 Å². The Balaban J connectivity index is 2.30. The maximum absolute atomic E-state index is 11.3. The van der Waals surface area contributed by atoms with Crippen molar-refractivity contribution < 1.29 is 17.9 Å². The lowest BCUT2D eigenvalue weighted by molar-refractivity contribution is 0.189. The van der Waals surface area contributed by atoms with Crippen LogP contribution in [0.2, 0.25) is 0 Å². The van der Waals surface area contributed by atoms with Crippen molar-refractivity contribution in [2.45, 2.75) is 11.0 Å². The first kappa shape index (κ1) is 11.9. The SMILES string of the molecule is CS(=O)(=O)c1ccc(C(O)c2ccco2)cc1. The van der Waals surface area contributed by atoms with E-state index in [1.807, 2.05) is 0 Å². The molecule has 1 unspecified atom stereocenters. The Morgan fingerprint density at radius 1 is 1.18 bits per heavy atom. The van der Waals surface area contributed by atoms with Crippen molar-refractivity contribution in [2.24, 2.45) is 0 Å². The molecule has 90 valence electrons. The number of furan rings is 1. The molecule has 1 N–H and O–H groups in total. The minimum Gasteiger partial charge on any atom is -0.466 e. The Bertz CT molecular complexity index is 582. The molecule has 17 heavy (non-hydrogen) atoms. The Morgan fingerprint density at radius 2 is 1.82 bits per heavy atom. The van der Waals surface area contributed by atoms with Gasteiger partial charge in [-0.1, -0.05) is 12.1 Å². The van der Waals surface area contributed by atoms with Crippen LogP contribution in [0.1, 0.15) is 17.4 Å². The van der Waals surface area contributed by atoms with Gasteiger partial charge in [0.2, 0.25) is 0 Å². The van der Waals surface area contributed by atoms with E-state index in [0.29, 0.717) is 11.3 Å². The van der Waals surface area contributed by atoms with E-state index in [4.69, 9.17) is 4.42 Å². The van der Waals surface area contributed by atoms with E-state index in [2.05, 4.69) is 0 Å². The minimum atomic E-state index is -3.20. The first-order valence-electron chi connectivity index (χ1n) is 5.00. The van der Waals surface area contributed by atoms with Gasteiger partial charge in [-0.3, -0.25) is 0 Å². The standard InChI is InChI=1S/C12H12O4S/c1-17(14,15)10-6-4-9(5-7-10)12(13)11-3-2-8-16-11/h2-8,12-13H,1H3. The van der Waals surface area contributed by atoms with Gasteiger partial charge >= 0.3 is 0 Å². The van der Waals surface area contributed by atoms with Gasteiger partial charge in [-0.05, 0) is 29.8 Å². The first-order chi connectivity index (χ1) is 7.98. The molecule has 1 atom stereocenters. The molecule has 1 heterocycles. The molecule has 0 saturated heterocycles. The second-order valence-electron chi connectivity index (χ2n) is 3.76. The van der Waals surface area contributed by atoms with Gasteiger partial charge < -0.3 is 9.52 Å². The summed E-state index contributed by atoms with van der Waals surface area (Å²) in [6.07, 6.45) is 1.74. The maximum atomic E-state index is 11.3. The lowest BCUT2D eigenvalue weighted by Crippen LogP contribution is -2.00. The third kappa shape index (κ3) is 2.57. The minimum absolute atomic E-state index is 0.230. The van der Waals surface area contributed by atoms with Crippen LogP contribution < -0.4 is 0 Å². The molecule has 0 aliphatic heterocycles. The summed E-state index contributed by atoms with van der Waals surface area (Å²) < 4.78 is 27.6. The smallest absolute Gasteiger partial charge is 0.175 e. The van der Waals surface area contributed by atoms with Crippen LogP contribution in [0.3, 0.4) is 0 Å². The van der Waals surface area contributed by atoms with Gasteiger partial charge in [0.1, 0.15) is 11.9 Å². The fourth-order valence-electron chi connectivity index (χ4n) is 1.51. The molecule has 0 bridgehead atoms. The molecule has 1 aromatic carbocycles. The number of benzene rings is 1. The highest BCUT2D eigenvalue weighted by Crippen LogP contribution is 2.23. The number of aliphatic hydroxyl groups excluding tert-OH is 1. The van der Waals surface area contributed by atoms with Crippen molar-refractivity contribution in [3.63, 3.8) is 0 Å². The molecule has 4 nitrogen and oxygen atoms in total. The average molecular weight is 252 g/mol. The first-order valence-corrected chi connectivity index (χ1v) is 6.89. The molecule has 1 aromatic heterocycles. The fourth-order valence-corrected chi connectivity index (χ4v) is 2.14. The zero-order valence-electron chi connectivity index (χ0n) is 9.20. The summed E-state index contributed by atoms with van der Waals surface area (Å²) in [7, 11) is -3.20. The largest absolute Gasteiger partial charge is 0.466 e. The number of sulfone groups is 1. The Labute approximate surface area is 99.4 Å². The third-order valence-electron chi connectivity index (χ3n) is 2.44. The molecule has 0 radical (unpaired) electrons. The van der Waals surface area contributed by atoms with Crippen molar-refractivity contribution in [1.29, 1.82) is 0 Å². The highest BCUT2D eigenvalue weighted by Gasteiger charge is 2.14. The molecule has 0 aliphatic rings. The van der Waals surface area contributed by atoms with E-state index < -0.39 is 15.9 Å². The quantitative estimate of drug-likeness (QED) is 0.903. The topological polar surface area (TPSA) is 67.5 Å². The lowest BCUT2D eigenvalue weighted by atomic mass is 10.1. The van der Waals surface area contributed by atoms with Gasteiger partial charge in [0.05, 0.1) is 11.2 Å². The number of hydrogen-bond donors (Lipinski definition) is 1. The molecule has 5 heteroatoms. The van der Waals surface area contributed by atoms with Crippen LogP contribution in [0.15, 0.2) is 52.0 Å². The average Bonchev–Trinajstić information content (AvgIpc) is 2.80. The monoisotopic (exact) mass is 252 g/mol. The molecule has 2 rings (SSSR count). The Hall–Kier alpha value is -1.59. The van der Waals surface area contributed by atoms with E-state index in [9.17, 15) is 13.5 Å². The summed E-state index contributed by atoms with van der Waals surface area (Å²) >= 11 is 0. The van der Waals surface area contributed by atoms with Gasteiger partial charge in [0.15, 0.2) is 9.84 Å². The summed E-state index contributed by atoms with van der Waals surface area (Å²) in [6, 6.07) is 9.43. The van der Waals surface area contributed by atoms with E-state index in [-0.39, 0.29) is 4.90 Å². The van der Waals surface area contributed by atoms with E-state index in [1.165, 1.54) is 18.4 Å². The molecular weight excluding hydrogens is 240 g/mol. The predicted molar refractivity (Wildman–Crippen MR) is 62.3 cm³/mol. The summed E-state index contributed by atoms with van der Waals surface area (Å²) in [5.74, 6) is 0.428. The Morgan fingerprint density at radius 3 is 2.29 bits per heavy atom. The summed E-state index contributed by atoms with van der Waals surface area (Å²) in [4.78, 5) is 0.230. The van der Waals surface area contributed by atoms with Gasteiger partial charge in [-0.25, -0.2) is 8.42 Å². The van der Waals surface area contributed by atoms with Crippen molar-refractivity contribution >= 4 is 9.84 Å². The molecule has 2 aromatic rings. The van der Waals surface area contributed by atoms with E-state index in [1.54, 1.807) is 24.3 Å². The molecule has 0 saturated carbocycles. The summed E-state index contributed by atoms with van der Waals surface area (Å²) in [6.45, 7) is 0. The van der Waals surface area contributed by atoms with Gasteiger partial charge in [0.25, 0.3) is 0 Å².